The number of halogens is 3. The van der Waals surface area contributed by atoms with Crippen molar-refractivity contribution in [1.82, 2.24) is 25.1 Å². The number of benzene rings is 1. The van der Waals surface area contributed by atoms with Crippen molar-refractivity contribution < 1.29 is 22.8 Å². The molecule has 0 saturated heterocycles. The molecule has 0 saturated carbocycles. The van der Waals surface area contributed by atoms with Gasteiger partial charge in [-0.25, -0.2) is 13.2 Å². The lowest BCUT2D eigenvalue weighted by Gasteiger charge is -2.12. The predicted molar refractivity (Wildman–Crippen MR) is 108 cm³/mol. The maximum atomic E-state index is 13.6. The van der Waals surface area contributed by atoms with Gasteiger partial charge >= 0.3 is 0 Å². The zero-order valence-corrected chi connectivity index (χ0v) is 17.2. The molecule has 1 atom stereocenters. The standard InChI is InChI=1S/C19H17F3N6O2S/c1-10(31-19-27-26-17(28(19)2)11-5-7-23-8-6-11)18(30)24-9-14(29)25-13-4-3-12(20)15(21)16(13)22/h3-8,10H,9H2,1-2H3,(H,24,30)(H,25,29)/t10-/m1/s1. The fourth-order valence-corrected chi connectivity index (χ4v) is 3.35. The Bertz CT molecular complexity index is 1110. The first-order chi connectivity index (χ1) is 14.8. The topological polar surface area (TPSA) is 102 Å². The Kier molecular flexibility index (Phi) is 6.90. The Balaban J connectivity index is 1.55. The number of carbonyl (C=O) groups is 2. The van der Waals surface area contributed by atoms with Gasteiger partial charge in [-0.2, -0.15) is 0 Å². The summed E-state index contributed by atoms with van der Waals surface area (Å²) in [4.78, 5) is 28.2. The number of aromatic nitrogens is 4. The summed E-state index contributed by atoms with van der Waals surface area (Å²) < 4.78 is 41.5. The molecule has 0 bridgehead atoms. The molecular formula is C19H17F3N6O2S. The van der Waals surface area contributed by atoms with E-state index in [9.17, 15) is 22.8 Å². The second-order valence-corrected chi connectivity index (χ2v) is 7.66. The molecule has 0 spiro atoms. The normalized spacial score (nSPS) is 11.8. The quantitative estimate of drug-likeness (QED) is 0.424. The van der Waals surface area contributed by atoms with E-state index in [1.165, 1.54) is 0 Å². The third kappa shape index (κ3) is 5.20. The van der Waals surface area contributed by atoms with Gasteiger partial charge in [-0.15, -0.1) is 10.2 Å². The van der Waals surface area contributed by atoms with Gasteiger partial charge in [0.05, 0.1) is 17.5 Å². The lowest BCUT2D eigenvalue weighted by Crippen LogP contribution is -2.37. The molecule has 3 rings (SSSR count). The van der Waals surface area contributed by atoms with E-state index in [4.69, 9.17) is 0 Å². The number of thioether (sulfide) groups is 1. The molecule has 162 valence electrons. The molecule has 1 aromatic carbocycles. The van der Waals surface area contributed by atoms with Crippen LogP contribution in [0.4, 0.5) is 18.9 Å². The van der Waals surface area contributed by atoms with E-state index < -0.39 is 46.7 Å². The Morgan fingerprint density at radius 3 is 2.52 bits per heavy atom. The van der Waals surface area contributed by atoms with Crippen LogP contribution < -0.4 is 10.6 Å². The highest BCUT2D eigenvalue weighted by molar-refractivity contribution is 8.00. The Hall–Kier alpha value is -3.41. The SMILES string of the molecule is C[C@@H](Sc1nnc(-c2ccncc2)n1C)C(=O)NCC(=O)Nc1ccc(F)c(F)c1F. The minimum atomic E-state index is -1.69. The third-order valence-electron chi connectivity index (χ3n) is 4.16. The molecule has 8 nitrogen and oxygen atoms in total. The van der Waals surface area contributed by atoms with Gasteiger partial charge in [0.25, 0.3) is 0 Å². The molecule has 0 fully saturated rings. The van der Waals surface area contributed by atoms with Gasteiger partial charge in [-0.1, -0.05) is 11.8 Å². The van der Waals surface area contributed by atoms with Gasteiger partial charge in [0, 0.05) is 25.0 Å². The van der Waals surface area contributed by atoms with Crippen molar-refractivity contribution in [3.8, 4) is 11.4 Å². The van der Waals surface area contributed by atoms with Crippen molar-refractivity contribution in [2.45, 2.75) is 17.3 Å². The van der Waals surface area contributed by atoms with Crippen LogP contribution in [0.3, 0.4) is 0 Å². The molecule has 2 amide bonds. The molecule has 3 aromatic rings. The van der Waals surface area contributed by atoms with Gasteiger partial charge < -0.3 is 15.2 Å². The highest BCUT2D eigenvalue weighted by atomic mass is 32.2. The summed E-state index contributed by atoms with van der Waals surface area (Å²) in [6.07, 6.45) is 3.26. The van der Waals surface area contributed by atoms with E-state index in [1.54, 1.807) is 43.1 Å². The van der Waals surface area contributed by atoms with Crippen molar-refractivity contribution in [3.05, 3.63) is 54.1 Å². The highest BCUT2D eigenvalue weighted by Gasteiger charge is 2.20. The number of pyridine rings is 1. The number of nitrogens with one attached hydrogen (secondary N) is 2. The van der Waals surface area contributed by atoms with E-state index in [1.807, 2.05) is 0 Å². The maximum absolute atomic E-state index is 13.6. The maximum Gasteiger partial charge on any atom is 0.243 e. The summed E-state index contributed by atoms with van der Waals surface area (Å²) >= 11 is 1.13. The fraction of sp³-hybridized carbons (Fsp3) is 0.211. The van der Waals surface area contributed by atoms with Crippen molar-refractivity contribution in [2.75, 3.05) is 11.9 Å². The highest BCUT2D eigenvalue weighted by Crippen LogP contribution is 2.25. The molecule has 2 N–H and O–H groups in total. The van der Waals surface area contributed by atoms with Crippen LogP contribution in [-0.4, -0.2) is 43.4 Å². The first-order valence-corrected chi connectivity index (χ1v) is 9.83. The minimum Gasteiger partial charge on any atom is -0.346 e. The Labute approximate surface area is 179 Å². The number of rotatable bonds is 7. The van der Waals surface area contributed by atoms with Crippen LogP contribution in [0.1, 0.15) is 6.92 Å². The number of hydrogen-bond donors (Lipinski definition) is 2. The smallest absolute Gasteiger partial charge is 0.243 e. The van der Waals surface area contributed by atoms with Gasteiger partial charge in [-0.3, -0.25) is 14.6 Å². The predicted octanol–water partition coefficient (Wildman–Crippen LogP) is 2.53. The zero-order valence-electron chi connectivity index (χ0n) is 16.4. The average molecular weight is 450 g/mol. The molecule has 0 unspecified atom stereocenters. The second kappa shape index (κ2) is 9.60. The lowest BCUT2D eigenvalue weighted by atomic mass is 10.2. The Morgan fingerprint density at radius 1 is 1.10 bits per heavy atom. The van der Waals surface area contributed by atoms with Gasteiger partial charge in [0.2, 0.25) is 11.8 Å². The number of amides is 2. The van der Waals surface area contributed by atoms with Crippen molar-refractivity contribution in [3.63, 3.8) is 0 Å². The molecule has 0 aliphatic heterocycles. The second-order valence-electron chi connectivity index (χ2n) is 6.35. The first kappa shape index (κ1) is 22.3. The van der Waals surface area contributed by atoms with Crippen LogP contribution >= 0.6 is 11.8 Å². The van der Waals surface area contributed by atoms with Crippen LogP contribution in [0.2, 0.25) is 0 Å². The molecule has 0 aliphatic rings. The Morgan fingerprint density at radius 2 is 1.81 bits per heavy atom. The summed E-state index contributed by atoms with van der Waals surface area (Å²) in [5.74, 6) is -5.25. The van der Waals surface area contributed by atoms with Crippen LogP contribution in [0.5, 0.6) is 0 Å². The van der Waals surface area contributed by atoms with Crippen molar-refractivity contribution in [2.24, 2.45) is 7.05 Å². The summed E-state index contributed by atoms with van der Waals surface area (Å²) in [5.41, 5.74) is 0.290. The molecule has 2 aromatic heterocycles. The summed E-state index contributed by atoms with van der Waals surface area (Å²) in [7, 11) is 1.76. The van der Waals surface area contributed by atoms with E-state index >= 15 is 0 Å². The number of nitrogens with zero attached hydrogens (tertiary/aromatic N) is 4. The fourth-order valence-electron chi connectivity index (χ4n) is 2.51. The van der Waals surface area contributed by atoms with E-state index in [-0.39, 0.29) is 0 Å². The molecule has 2 heterocycles. The average Bonchev–Trinajstić information content (AvgIpc) is 3.13. The minimum absolute atomic E-state index is 0.473. The summed E-state index contributed by atoms with van der Waals surface area (Å²) in [6, 6.07) is 5.14. The largest absolute Gasteiger partial charge is 0.346 e. The van der Waals surface area contributed by atoms with Crippen molar-refractivity contribution in [1.29, 1.82) is 0 Å². The number of anilines is 1. The monoisotopic (exact) mass is 450 g/mol. The van der Waals surface area contributed by atoms with Gasteiger partial charge in [-0.05, 0) is 31.2 Å². The van der Waals surface area contributed by atoms with Crippen LogP contribution in [0.15, 0.2) is 41.8 Å². The van der Waals surface area contributed by atoms with Crippen LogP contribution in [-0.2, 0) is 16.6 Å². The summed E-state index contributed by atoms with van der Waals surface area (Å²) in [5, 5.41) is 12.5. The molecule has 0 radical (unpaired) electrons. The number of hydrogen-bond acceptors (Lipinski definition) is 6. The van der Waals surface area contributed by atoms with E-state index in [0.29, 0.717) is 17.0 Å². The van der Waals surface area contributed by atoms with E-state index in [2.05, 4.69) is 25.8 Å². The molecular weight excluding hydrogens is 433 g/mol. The van der Waals surface area contributed by atoms with Gasteiger partial charge in [0.15, 0.2) is 28.4 Å². The van der Waals surface area contributed by atoms with Gasteiger partial charge in [0.1, 0.15) is 0 Å². The summed E-state index contributed by atoms with van der Waals surface area (Å²) in [6.45, 7) is 1.14. The molecule has 31 heavy (non-hydrogen) atoms. The lowest BCUT2D eigenvalue weighted by molar-refractivity contribution is -0.123. The van der Waals surface area contributed by atoms with Crippen LogP contribution in [0.25, 0.3) is 11.4 Å². The zero-order chi connectivity index (χ0) is 22.5. The first-order valence-electron chi connectivity index (χ1n) is 8.95. The molecule has 12 heteroatoms. The van der Waals surface area contributed by atoms with E-state index in [0.717, 1.165) is 23.4 Å². The van der Waals surface area contributed by atoms with Crippen LogP contribution in [0, 0.1) is 17.5 Å². The number of carbonyl (C=O) groups excluding carboxylic acids is 2. The molecule has 0 aliphatic carbocycles. The third-order valence-corrected chi connectivity index (χ3v) is 5.29. The van der Waals surface area contributed by atoms with Crippen molar-refractivity contribution >= 4 is 29.3 Å².